The molecular formula is C11H12BrN3O. The van der Waals surface area contributed by atoms with E-state index in [0.29, 0.717) is 35.1 Å². The van der Waals surface area contributed by atoms with Crippen LogP contribution < -0.4 is 11.1 Å². The van der Waals surface area contributed by atoms with Crippen molar-refractivity contribution in [2.75, 3.05) is 12.3 Å². The van der Waals surface area contributed by atoms with Gasteiger partial charge in [-0.15, -0.1) is 0 Å². The van der Waals surface area contributed by atoms with Crippen molar-refractivity contribution in [3.05, 3.63) is 28.2 Å². The second kappa shape index (κ2) is 6.13. The molecule has 16 heavy (non-hydrogen) atoms. The van der Waals surface area contributed by atoms with Gasteiger partial charge < -0.3 is 11.1 Å². The number of carbonyl (C=O) groups excluding carboxylic acids is 1. The summed E-state index contributed by atoms with van der Waals surface area (Å²) in [7, 11) is 0. The van der Waals surface area contributed by atoms with E-state index >= 15 is 0 Å². The first kappa shape index (κ1) is 12.5. The lowest BCUT2D eigenvalue weighted by molar-refractivity contribution is 0.0953. The lowest BCUT2D eigenvalue weighted by Crippen LogP contribution is -2.24. The smallest absolute Gasteiger partial charge is 0.251 e. The Balaban J connectivity index is 2.53. The van der Waals surface area contributed by atoms with Crippen LogP contribution in [-0.2, 0) is 0 Å². The molecule has 0 atom stereocenters. The van der Waals surface area contributed by atoms with Crippen molar-refractivity contribution in [2.45, 2.75) is 12.8 Å². The summed E-state index contributed by atoms with van der Waals surface area (Å²) < 4.78 is 0.706. The first-order valence-electron chi connectivity index (χ1n) is 4.85. The quantitative estimate of drug-likeness (QED) is 0.655. The van der Waals surface area contributed by atoms with Gasteiger partial charge in [0.2, 0.25) is 0 Å². The summed E-state index contributed by atoms with van der Waals surface area (Å²) in [4.78, 5) is 11.6. The first-order valence-corrected chi connectivity index (χ1v) is 5.64. The van der Waals surface area contributed by atoms with Crippen molar-refractivity contribution in [2.24, 2.45) is 0 Å². The molecule has 0 radical (unpaired) electrons. The third kappa shape index (κ3) is 3.55. The molecule has 0 aliphatic heterocycles. The van der Waals surface area contributed by atoms with Gasteiger partial charge in [0, 0.05) is 28.7 Å². The number of unbranched alkanes of at least 4 members (excludes halogenated alkanes) is 1. The van der Waals surface area contributed by atoms with Gasteiger partial charge >= 0.3 is 0 Å². The lowest BCUT2D eigenvalue weighted by atomic mass is 10.2. The number of halogens is 1. The standard InChI is InChI=1S/C11H12BrN3O/c12-9-7-8(3-4-10(9)14)11(16)15-6-2-1-5-13/h3-4,7H,1-2,6,14H2,(H,15,16). The Kier molecular flexibility index (Phi) is 4.80. The van der Waals surface area contributed by atoms with Crippen LogP contribution in [0.2, 0.25) is 0 Å². The van der Waals surface area contributed by atoms with E-state index in [2.05, 4.69) is 21.2 Å². The van der Waals surface area contributed by atoms with Crippen LogP contribution >= 0.6 is 15.9 Å². The SMILES string of the molecule is N#CCCCNC(=O)c1ccc(N)c(Br)c1. The van der Waals surface area contributed by atoms with E-state index in [9.17, 15) is 4.79 Å². The second-order valence-corrected chi connectivity index (χ2v) is 4.11. The minimum absolute atomic E-state index is 0.154. The molecular weight excluding hydrogens is 270 g/mol. The summed E-state index contributed by atoms with van der Waals surface area (Å²) in [6.07, 6.45) is 1.12. The number of benzene rings is 1. The number of rotatable bonds is 4. The number of nitriles is 1. The van der Waals surface area contributed by atoms with Crippen LogP contribution in [0.15, 0.2) is 22.7 Å². The van der Waals surface area contributed by atoms with Crippen LogP contribution in [0, 0.1) is 11.3 Å². The summed E-state index contributed by atoms with van der Waals surface area (Å²) in [5.74, 6) is -0.154. The van der Waals surface area contributed by atoms with E-state index in [1.54, 1.807) is 18.2 Å². The average Bonchev–Trinajstić information content (AvgIpc) is 2.28. The Labute approximate surface area is 103 Å². The Morgan fingerprint density at radius 1 is 1.56 bits per heavy atom. The van der Waals surface area contributed by atoms with Crippen LogP contribution in [0.5, 0.6) is 0 Å². The first-order chi connectivity index (χ1) is 7.65. The molecule has 1 rings (SSSR count). The van der Waals surface area contributed by atoms with Crippen LogP contribution in [0.3, 0.4) is 0 Å². The molecule has 4 nitrogen and oxygen atoms in total. The van der Waals surface area contributed by atoms with Gasteiger partial charge in [-0.3, -0.25) is 4.79 Å². The third-order valence-corrected chi connectivity index (χ3v) is 2.70. The molecule has 0 heterocycles. The molecule has 0 spiro atoms. The zero-order valence-corrected chi connectivity index (χ0v) is 10.3. The zero-order valence-electron chi connectivity index (χ0n) is 8.66. The molecule has 0 aliphatic carbocycles. The highest BCUT2D eigenvalue weighted by Gasteiger charge is 2.06. The van der Waals surface area contributed by atoms with Gasteiger partial charge in [0.15, 0.2) is 0 Å². The number of nitrogens with one attached hydrogen (secondary N) is 1. The molecule has 0 saturated heterocycles. The summed E-state index contributed by atoms with van der Waals surface area (Å²) in [6, 6.07) is 7.04. The summed E-state index contributed by atoms with van der Waals surface area (Å²) in [6.45, 7) is 0.508. The molecule has 1 aromatic rings. The fourth-order valence-electron chi connectivity index (χ4n) is 1.14. The molecule has 1 amide bonds. The second-order valence-electron chi connectivity index (χ2n) is 3.25. The number of hydrogen-bond acceptors (Lipinski definition) is 3. The van der Waals surface area contributed by atoms with Gasteiger partial charge in [0.05, 0.1) is 6.07 Å². The Morgan fingerprint density at radius 2 is 2.31 bits per heavy atom. The molecule has 0 aliphatic rings. The van der Waals surface area contributed by atoms with Crippen LogP contribution in [0.25, 0.3) is 0 Å². The van der Waals surface area contributed by atoms with Crippen molar-refractivity contribution < 1.29 is 4.79 Å². The summed E-state index contributed by atoms with van der Waals surface area (Å²) >= 11 is 3.26. The Bertz CT molecular complexity index is 426. The maximum Gasteiger partial charge on any atom is 0.251 e. The number of anilines is 1. The molecule has 5 heteroatoms. The Hall–Kier alpha value is -1.54. The number of carbonyl (C=O) groups is 1. The van der Waals surface area contributed by atoms with Gasteiger partial charge in [0.25, 0.3) is 5.91 Å². The maximum absolute atomic E-state index is 11.6. The Morgan fingerprint density at radius 3 is 2.94 bits per heavy atom. The number of nitrogen functional groups attached to an aromatic ring is 1. The third-order valence-electron chi connectivity index (χ3n) is 2.01. The van der Waals surface area contributed by atoms with E-state index in [4.69, 9.17) is 11.0 Å². The van der Waals surface area contributed by atoms with Gasteiger partial charge in [-0.05, 0) is 40.5 Å². The number of nitrogens with zero attached hydrogens (tertiary/aromatic N) is 1. The highest BCUT2D eigenvalue weighted by molar-refractivity contribution is 9.10. The van der Waals surface area contributed by atoms with E-state index in [0.717, 1.165) is 0 Å². The highest BCUT2D eigenvalue weighted by Crippen LogP contribution is 2.20. The molecule has 84 valence electrons. The van der Waals surface area contributed by atoms with Gasteiger partial charge in [0.1, 0.15) is 0 Å². The molecule has 0 fully saturated rings. The van der Waals surface area contributed by atoms with Crippen molar-refractivity contribution in [1.29, 1.82) is 5.26 Å². The van der Waals surface area contributed by atoms with Gasteiger partial charge in [-0.2, -0.15) is 5.26 Å². The van der Waals surface area contributed by atoms with Crippen molar-refractivity contribution in [3.8, 4) is 6.07 Å². The van der Waals surface area contributed by atoms with E-state index < -0.39 is 0 Å². The van der Waals surface area contributed by atoms with Crippen LogP contribution in [0.1, 0.15) is 23.2 Å². The molecule has 1 aromatic carbocycles. The minimum Gasteiger partial charge on any atom is -0.398 e. The minimum atomic E-state index is -0.154. The maximum atomic E-state index is 11.6. The van der Waals surface area contributed by atoms with Crippen molar-refractivity contribution >= 4 is 27.5 Å². The van der Waals surface area contributed by atoms with E-state index in [1.807, 2.05) is 6.07 Å². The molecule has 0 saturated carbocycles. The molecule has 3 N–H and O–H groups in total. The highest BCUT2D eigenvalue weighted by atomic mass is 79.9. The monoisotopic (exact) mass is 281 g/mol. The molecule has 0 aromatic heterocycles. The zero-order chi connectivity index (χ0) is 12.0. The number of amides is 1. The summed E-state index contributed by atoms with van der Waals surface area (Å²) in [5, 5.41) is 11.1. The number of hydrogen-bond donors (Lipinski definition) is 2. The topological polar surface area (TPSA) is 78.9 Å². The molecule has 0 bridgehead atoms. The normalized spacial score (nSPS) is 9.50. The largest absolute Gasteiger partial charge is 0.398 e. The fraction of sp³-hybridized carbons (Fsp3) is 0.273. The predicted octanol–water partition coefficient (Wildman–Crippen LogP) is 2.06. The van der Waals surface area contributed by atoms with Gasteiger partial charge in [-0.1, -0.05) is 0 Å². The van der Waals surface area contributed by atoms with Crippen LogP contribution in [-0.4, -0.2) is 12.5 Å². The van der Waals surface area contributed by atoms with Crippen molar-refractivity contribution in [3.63, 3.8) is 0 Å². The van der Waals surface area contributed by atoms with Crippen molar-refractivity contribution in [1.82, 2.24) is 5.32 Å². The lowest BCUT2D eigenvalue weighted by Gasteiger charge is -2.05. The predicted molar refractivity (Wildman–Crippen MR) is 65.7 cm³/mol. The van der Waals surface area contributed by atoms with Crippen LogP contribution in [0.4, 0.5) is 5.69 Å². The average molecular weight is 282 g/mol. The van der Waals surface area contributed by atoms with E-state index in [-0.39, 0.29) is 5.91 Å². The van der Waals surface area contributed by atoms with E-state index in [1.165, 1.54) is 0 Å². The fourth-order valence-corrected chi connectivity index (χ4v) is 1.52. The molecule has 0 unspecified atom stereocenters. The summed E-state index contributed by atoms with van der Waals surface area (Å²) in [5.41, 5.74) is 6.77. The number of nitrogens with two attached hydrogens (primary N) is 1. The van der Waals surface area contributed by atoms with Gasteiger partial charge in [-0.25, -0.2) is 0 Å².